The first kappa shape index (κ1) is 24.3. The number of benzene rings is 2. The van der Waals surface area contributed by atoms with Crippen molar-refractivity contribution in [2.45, 2.75) is 20.3 Å². The highest BCUT2D eigenvalue weighted by molar-refractivity contribution is 7.80. The summed E-state index contributed by atoms with van der Waals surface area (Å²) in [5, 5.41) is 8.54. The molecule has 2 aromatic rings. The van der Waals surface area contributed by atoms with Crippen molar-refractivity contribution in [3.63, 3.8) is 0 Å². The second-order valence-corrected chi connectivity index (χ2v) is 7.73. The van der Waals surface area contributed by atoms with Crippen LogP contribution in [-0.4, -0.2) is 43.8 Å². The Morgan fingerprint density at radius 2 is 1.77 bits per heavy atom. The van der Waals surface area contributed by atoms with E-state index in [-0.39, 0.29) is 16.9 Å². The summed E-state index contributed by atoms with van der Waals surface area (Å²) < 4.78 is 10.6. The van der Waals surface area contributed by atoms with Crippen molar-refractivity contribution < 1.29 is 19.1 Å². The van der Waals surface area contributed by atoms with Crippen LogP contribution in [0.5, 0.6) is 5.75 Å². The molecular weight excluding hydrogens is 414 g/mol. The van der Waals surface area contributed by atoms with Gasteiger partial charge in [-0.3, -0.25) is 14.9 Å². The Bertz CT molecular complexity index is 885. The van der Waals surface area contributed by atoms with Gasteiger partial charge < -0.3 is 20.1 Å². The molecule has 0 bridgehead atoms. The second-order valence-electron chi connectivity index (χ2n) is 7.32. The molecule has 0 heterocycles. The number of carbonyl (C=O) groups is 2. The number of nitrogens with one attached hydrogen (secondary N) is 3. The number of anilines is 1. The normalized spacial score (nSPS) is 10.5. The van der Waals surface area contributed by atoms with Gasteiger partial charge in [0.05, 0.1) is 6.61 Å². The molecule has 2 amide bonds. The Morgan fingerprint density at radius 1 is 1.03 bits per heavy atom. The van der Waals surface area contributed by atoms with E-state index in [2.05, 4.69) is 29.8 Å². The fourth-order valence-electron chi connectivity index (χ4n) is 2.56. The number of ether oxygens (including phenoxy) is 2. The lowest BCUT2D eigenvalue weighted by atomic mass is 10.2. The van der Waals surface area contributed by atoms with Crippen LogP contribution in [0.1, 0.15) is 41.0 Å². The van der Waals surface area contributed by atoms with Gasteiger partial charge in [0.15, 0.2) is 5.11 Å². The van der Waals surface area contributed by atoms with E-state index in [1.54, 1.807) is 55.6 Å². The Balaban J connectivity index is 1.87. The third kappa shape index (κ3) is 8.74. The predicted molar refractivity (Wildman–Crippen MR) is 126 cm³/mol. The number of amides is 2. The Labute approximate surface area is 188 Å². The van der Waals surface area contributed by atoms with Gasteiger partial charge >= 0.3 is 0 Å². The average Bonchev–Trinajstić information content (AvgIpc) is 2.75. The molecule has 0 spiro atoms. The number of carbonyl (C=O) groups excluding carboxylic acids is 2. The van der Waals surface area contributed by atoms with Gasteiger partial charge in [-0.1, -0.05) is 19.9 Å². The van der Waals surface area contributed by atoms with Crippen molar-refractivity contribution in [3.05, 3.63) is 59.7 Å². The van der Waals surface area contributed by atoms with Crippen LogP contribution in [0.2, 0.25) is 0 Å². The lowest BCUT2D eigenvalue weighted by Crippen LogP contribution is -2.34. The maximum atomic E-state index is 12.4. The summed E-state index contributed by atoms with van der Waals surface area (Å²) in [5.41, 5.74) is 1.56. The lowest BCUT2D eigenvalue weighted by molar-refractivity contribution is 0.0946. The Morgan fingerprint density at radius 3 is 2.45 bits per heavy atom. The van der Waals surface area contributed by atoms with E-state index in [9.17, 15) is 9.59 Å². The maximum Gasteiger partial charge on any atom is 0.257 e. The molecule has 0 fully saturated rings. The van der Waals surface area contributed by atoms with Crippen LogP contribution in [0.25, 0.3) is 0 Å². The highest BCUT2D eigenvalue weighted by Crippen LogP contribution is 2.14. The summed E-state index contributed by atoms with van der Waals surface area (Å²) in [5.74, 6) is 0.615. The standard InChI is InChI=1S/C23H29N3O4S/c1-16(2)15-30-20-10-8-17(9-11-20)22(28)26-23(31)25-19-7-4-6-18(14-19)21(27)24-12-5-13-29-3/h4,6-11,14,16H,5,12-13,15H2,1-3H3,(H,24,27)(H2,25,26,28,31). The molecule has 0 aliphatic rings. The smallest absolute Gasteiger partial charge is 0.257 e. The SMILES string of the molecule is COCCCNC(=O)c1cccc(NC(=S)NC(=O)c2ccc(OCC(C)C)cc2)c1. The number of methoxy groups -OCH3 is 1. The molecule has 0 atom stereocenters. The van der Waals surface area contributed by atoms with Crippen LogP contribution in [0.15, 0.2) is 48.5 Å². The first-order valence-corrected chi connectivity index (χ1v) is 10.5. The molecule has 3 N–H and O–H groups in total. The number of thiocarbonyl (C=S) groups is 1. The van der Waals surface area contributed by atoms with Crippen LogP contribution in [0.4, 0.5) is 5.69 Å². The molecule has 2 rings (SSSR count). The van der Waals surface area contributed by atoms with E-state index in [0.29, 0.717) is 48.2 Å². The van der Waals surface area contributed by atoms with Crippen molar-refractivity contribution in [2.24, 2.45) is 5.92 Å². The molecular formula is C23H29N3O4S. The van der Waals surface area contributed by atoms with Gasteiger partial charge in [-0.15, -0.1) is 0 Å². The monoisotopic (exact) mass is 443 g/mol. The molecule has 31 heavy (non-hydrogen) atoms. The fraction of sp³-hybridized carbons (Fsp3) is 0.348. The molecule has 0 aromatic heterocycles. The fourth-order valence-corrected chi connectivity index (χ4v) is 2.77. The van der Waals surface area contributed by atoms with Crippen molar-refractivity contribution in [2.75, 3.05) is 32.2 Å². The largest absolute Gasteiger partial charge is 0.493 e. The van der Waals surface area contributed by atoms with E-state index in [1.807, 2.05) is 0 Å². The van der Waals surface area contributed by atoms with E-state index in [0.717, 1.165) is 6.42 Å². The molecule has 0 unspecified atom stereocenters. The summed E-state index contributed by atoms with van der Waals surface area (Å²) in [7, 11) is 1.62. The first-order valence-electron chi connectivity index (χ1n) is 10.1. The third-order valence-electron chi connectivity index (χ3n) is 4.12. The molecule has 8 heteroatoms. The lowest BCUT2D eigenvalue weighted by Gasteiger charge is -2.12. The quantitative estimate of drug-likeness (QED) is 0.384. The van der Waals surface area contributed by atoms with E-state index >= 15 is 0 Å². The third-order valence-corrected chi connectivity index (χ3v) is 4.32. The second kappa shape index (κ2) is 12.7. The molecule has 7 nitrogen and oxygen atoms in total. The first-order chi connectivity index (χ1) is 14.9. The van der Waals surface area contributed by atoms with Crippen LogP contribution >= 0.6 is 12.2 Å². The molecule has 0 aliphatic heterocycles. The molecule has 0 saturated carbocycles. The number of rotatable bonds is 10. The topological polar surface area (TPSA) is 88.7 Å². The van der Waals surface area contributed by atoms with Gasteiger partial charge in [-0.25, -0.2) is 0 Å². The zero-order valence-corrected chi connectivity index (χ0v) is 18.9. The van der Waals surface area contributed by atoms with Gasteiger partial charge in [0.2, 0.25) is 0 Å². The van der Waals surface area contributed by atoms with Crippen molar-refractivity contribution in [3.8, 4) is 5.75 Å². The highest BCUT2D eigenvalue weighted by Gasteiger charge is 2.10. The molecule has 166 valence electrons. The zero-order valence-electron chi connectivity index (χ0n) is 18.1. The van der Waals surface area contributed by atoms with E-state index in [1.165, 1.54) is 0 Å². The van der Waals surface area contributed by atoms with Crippen LogP contribution in [0, 0.1) is 5.92 Å². The van der Waals surface area contributed by atoms with Crippen LogP contribution in [-0.2, 0) is 4.74 Å². The van der Waals surface area contributed by atoms with Gasteiger partial charge in [-0.2, -0.15) is 0 Å². The Hall–Kier alpha value is -2.97. The van der Waals surface area contributed by atoms with Crippen molar-refractivity contribution in [1.29, 1.82) is 0 Å². The zero-order chi connectivity index (χ0) is 22.6. The summed E-state index contributed by atoms with van der Waals surface area (Å²) in [4.78, 5) is 24.6. The molecule has 0 radical (unpaired) electrons. The highest BCUT2D eigenvalue weighted by atomic mass is 32.1. The maximum absolute atomic E-state index is 12.4. The summed E-state index contributed by atoms with van der Waals surface area (Å²) in [6, 6.07) is 13.8. The summed E-state index contributed by atoms with van der Waals surface area (Å²) >= 11 is 5.23. The minimum absolute atomic E-state index is 0.141. The number of hydrogen-bond donors (Lipinski definition) is 3. The Kier molecular flexibility index (Phi) is 9.93. The van der Waals surface area contributed by atoms with Gasteiger partial charge in [0.25, 0.3) is 11.8 Å². The minimum atomic E-state index is -0.333. The van der Waals surface area contributed by atoms with Gasteiger partial charge in [0, 0.05) is 37.1 Å². The summed E-state index contributed by atoms with van der Waals surface area (Å²) in [6.45, 7) is 5.87. The minimum Gasteiger partial charge on any atom is -0.493 e. The molecule has 0 aliphatic carbocycles. The predicted octanol–water partition coefficient (Wildman–Crippen LogP) is 3.61. The van der Waals surface area contributed by atoms with Crippen molar-refractivity contribution >= 4 is 34.8 Å². The van der Waals surface area contributed by atoms with Gasteiger partial charge in [-0.05, 0) is 67.0 Å². The van der Waals surface area contributed by atoms with Crippen LogP contribution < -0.4 is 20.7 Å². The average molecular weight is 444 g/mol. The summed E-state index contributed by atoms with van der Waals surface area (Å²) in [6.07, 6.45) is 0.737. The van der Waals surface area contributed by atoms with Gasteiger partial charge in [0.1, 0.15) is 5.75 Å². The van der Waals surface area contributed by atoms with Crippen molar-refractivity contribution in [1.82, 2.24) is 10.6 Å². The van der Waals surface area contributed by atoms with E-state index < -0.39 is 0 Å². The van der Waals surface area contributed by atoms with E-state index in [4.69, 9.17) is 21.7 Å². The van der Waals surface area contributed by atoms with Crippen LogP contribution in [0.3, 0.4) is 0 Å². The molecule has 2 aromatic carbocycles. The number of hydrogen-bond acceptors (Lipinski definition) is 5. The molecule has 0 saturated heterocycles.